The van der Waals surface area contributed by atoms with E-state index >= 15 is 0 Å². The fourth-order valence-electron chi connectivity index (χ4n) is 0.270. The summed E-state index contributed by atoms with van der Waals surface area (Å²) >= 11 is 0. The van der Waals surface area contributed by atoms with Crippen LogP contribution >= 0.6 is 0 Å². The van der Waals surface area contributed by atoms with Gasteiger partial charge in [0.05, 0.1) is 0 Å². The van der Waals surface area contributed by atoms with E-state index < -0.39 is 24.1 Å². The predicted molar refractivity (Wildman–Crippen MR) is 31.7 cm³/mol. The summed E-state index contributed by atoms with van der Waals surface area (Å²) < 4.78 is 0. The molecule has 0 aliphatic carbocycles. The van der Waals surface area contributed by atoms with Gasteiger partial charge in [-0.2, -0.15) is 0 Å². The summed E-state index contributed by atoms with van der Waals surface area (Å²) in [5.74, 6) is -3.54. The minimum atomic E-state index is -2.27. The molecule has 0 saturated heterocycles. The second kappa shape index (κ2) is 15.9. The van der Waals surface area contributed by atoms with Crippen molar-refractivity contribution in [2.45, 2.75) is 12.2 Å². The zero-order valence-corrected chi connectivity index (χ0v) is 16.8. The Morgan fingerprint density at radius 3 is 1.00 bits per heavy atom. The minimum absolute atomic E-state index is 0. The number of carboxylic acid groups (broad SMARTS) is 2. The van der Waals surface area contributed by atoms with Crippen LogP contribution in [0, 0.1) is 0 Å². The summed E-state index contributed by atoms with van der Waals surface area (Å²) in [6, 6.07) is 0. The standard InChI is InChI=1S/C4H6O6.4Na.4H/c5-1(3(7)8)2(6)4(9)10;;;;;;;;/h1-2,5-6H,(H,7,8)(H,9,10);;;;;;;;/q;4*+1;4*-1. The van der Waals surface area contributed by atoms with Gasteiger partial charge in [0.1, 0.15) is 0 Å². The normalized spacial score (nSPS) is 11.3. The molecule has 0 aliphatic heterocycles. The predicted octanol–water partition coefficient (Wildman–Crippen LogP) is -13.7. The molecular weight excluding hydrogens is 236 g/mol. The van der Waals surface area contributed by atoms with E-state index in [-0.39, 0.29) is 124 Å². The molecule has 0 saturated carbocycles. The van der Waals surface area contributed by atoms with Crippen LogP contribution in [0.2, 0.25) is 0 Å². The number of aliphatic hydroxyl groups is 2. The fraction of sp³-hybridized carbons (Fsp3) is 0.500. The zero-order valence-electron chi connectivity index (χ0n) is 12.8. The van der Waals surface area contributed by atoms with Gasteiger partial charge in [0.25, 0.3) is 0 Å². The first-order valence-corrected chi connectivity index (χ1v) is 2.28. The number of hydrogen-bond acceptors (Lipinski definition) is 4. The molecule has 0 aliphatic rings. The van der Waals surface area contributed by atoms with Crippen LogP contribution in [0.5, 0.6) is 0 Å². The third-order valence-electron chi connectivity index (χ3n) is 0.805. The Hall–Kier alpha value is 2.86. The minimum Gasteiger partial charge on any atom is -1.00 e. The van der Waals surface area contributed by atoms with Gasteiger partial charge in [-0.15, -0.1) is 0 Å². The van der Waals surface area contributed by atoms with Crippen molar-refractivity contribution < 1.29 is 154 Å². The Kier molecular flexibility index (Phi) is 34.2. The molecule has 0 rings (SSSR count). The summed E-state index contributed by atoms with van der Waals surface area (Å²) in [6.45, 7) is 0. The molecule has 2 atom stereocenters. The molecule has 0 aromatic heterocycles. The number of hydrogen-bond donors (Lipinski definition) is 4. The van der Waals surface area contributed by atoms with Crippen LogP contribution in [-0.4, -0.2) is 44.6 Å². The van der Waals surface area contributed by atoms with Gasteiger partial charge in [0.2, 0.25) is 0 Å². The van der Waals surface area contributed by atoms with E-state index in [1.165, 1.54) is 0 Å². The quantitative estimate of drug-likeness (QED) is 0.367. The van der Waals surface area contributed by atoms with Crippen LogP contribution in [0.25, 0.3) is 0 Å². The molecule has 14 heavy (non-hydrogen) atoms. The first kappa shape index (κ1) is 30.2. The van der Waals surface area contributed by atoms with Crippen LogP contribution in [0.4, 0.5) is 0 Å². The monoisotopic (exact) mass is 246 g/mol. The van der Waals surface area contributed by atoms with Gasteiger partial charge < -0.3 is 26.1 Å². The Morgan fingerprint density at radius 1 is 0.786 bits per heavy atom. The second-order valence-corrected chi connectivity index (χ2v) is 1.57. The number of carbonyl (C=O) groups is 2. The third-order valence-corrected chi connectivity index (χ3v) is 0.805. The van der Waals surface area contributed by atoms with Gasteiger partial charge in [0, 0.05) is 0 Å². The SMILES string of the molecule is O=C(O)C(O)C(O)C(=O)O.[H-].[H-].[H-].[H-].[Na+].[Na+].[Na+].[Na+]. The molecule has 66 valence electrons. The van der Waals surface area contributed by atoms with Gasteiger partial charge in [-0.05, 0) is 0 Å². The summed E-state index contributed by atoms with van der Waals surface area (Å²) in [4.78, 5) is 19.5. The van der Waals surface area contributed by atoms with Crippen molar-refractivity contribution in [2.75, 3.05) is 0 Å². The van der Waals surface area contributed by atoms with Crippen LogP contribution < -0.4 is 118 Å². The molecule has 0 bridgehead atoms. The van der Waals surface area contributed by atoms with Crippen LogP contribution in [0.15, 0.2) is 0 Å². The molecule has 0 aromatic carbocycles. The fourth-order valence-corrected chi connectivity index (χ4v) is 0.270. The molecule has 0 amide bonds. The third kappa shape index (κ3) is 12.9. The Bertz CT molecular complexity index is 160. The number of carboxylic acids is 2. The van der Waals surface area contributed by atoms with Crippen molar-refractivity contribution in [2.24, 2.45) is 0 Å². The van der Waals surface area contributed by atoms with Gasteiger partial charge in [-0.1, -0.05) is 0 Å². The molecule has 0 heterocycles. The molecule has 0 aromatic rings. The summed E-state index contributed by atoms with van der Waals surface area (Å²) in [6.07, 6.45) is -4.53. The Balaban J connectivity index is -0.0000000145. The molecule has 0 spiro atoms. The topological polar surface area (TPSA) is 115 Å². The maximum atomic E-state index is 9.77. The van der Waals surface area contributed by atoms with E-state index in [0.717, 1.165) is 0 Å². The second-order valence-electron chi connectivity index (χ2n) is 1.57. The van der Waals surface area contributed by atoms with Crippen LogP contribution in [-0.2, 0) is 9.59 Å². The summed E-state index contributed by atoms with van der Waals surface area (Å²) in [5, 5.41) is 32.5. The van der Waals surface area contributed by atoms with E-state index in [1.807, 2.05) is 0 Å². The van der Waals surface area contributed by atoms with Crippen molar-refractivity contribution in [3.8, 4) is 0 Å². The van der Waals surface area contributed by atoms with Gasteiger partial charge in [0.15, 0.2) is 12.2 Å². The first-order valence-electron chi connectivity index (χ1n) is 2.28. The maximum absolute atomic E-state index is 9.77. The van der Waals surface area contributed by atoms with Gasteiger partial charge >= 0.3 is 130 Å². The van der Waals surface area contributed by atoms with E-state index in [1.54, 1.807) is 0 Å². The van der Waals surface area contributed by atoms with Crippen molar-refractivity contribution >= 4 is 11.9 Å². The molecule has 0 fully saturated rings. The molecule has 10 heteroatoms. The maximum Gasteiger partial charge on any atom is 1.00 e. The van der Waals surface area contributed by atoms with E-state index in [2.05, 4.69) is 0 Å². The first-order chi connectivity index (χ1) is 4.46. The molecule has 2 unspecified atom stereocenters. The number of aliphatic hydroxyl groups excluding tert-OH is 2. The largest absolute Gasteiger partial charge is 1.00 e. The van der Waals surface area contributed by atoms with Crippen molar-refractivity contribution in [1.82, 2.24) is 0 Å². The van der Waals surface area contributed by atoms with Crippen molar-refractivity contribution in [1.29, 1.82) is 0 Å². The van der Waals surface area contributed by atoms with E-state index in [0.29, 0.717) is 0 Å². The number of rotatable bonds is 3. The molecule has 0 radical (unpaired) electrons. The average Bonchev–Trinajstić information content (AvgIpc) is 1.84. The van der Waals surface area contributed by atoms with Crippen LogP contribution in [0.1, 0.15) is 5.71 Å². The molecule has 4 N–H and O–H groups in total. The molecule has 6 nitrogen and oxygen atoms in total. The van der Waals surface area contributed by atoms with Crippen molar-refractivity contribution in [3.05, 3.63) is 0 Å². The Morgan fingerprint density at radius 2 is 0.929 bits per heavy atom. The van der Waals surface area contributed by atoms with Crippen LogP contribution in [0.3, 0.4) is 0 Å². The smallest absolute Gasteiger partial charge is 1.00 e. The van der Waals surface area contributed by atoms with E-state index in [9.17, 15) is 9.59 Å². The Labute approximate surface area is 175 Å². The number of aliphatic carboxylic acids is 2. The summed E-state index contributed by atoms with van der Waals surface area (Å²) in [7, 11) is 0. The summed E-state index contributed by atoms with van der Waals surface area (Å²) in [5.41, 5.74) is 0. The van der Waals surface area contributed by atoms with Gasteiger partial charge in [-0.25, -0.2) is 9.59 Å². The average molecular weight is 246 g/mol. The van der Waals surface area contributed by atoms with E-state index in [4.69, 9.17) is 20.4 Å². The van der Waals surface area contributed by atoms with Crippen molar-refractivity contribution in [3.63, 3.8) is 0 Å². The molecular formula is C4H10Na4O6. The van der Waals surface area contributed by atoms with Gasteiger partial charge in [-0.3, -0.25) is 0 Å². The zero-order chi connectivity index (χ0) is 8.31.